The molecule has 0 saturated carbocycles. The lowest BCUT2D eigenvalue weighted by atomic mass is 9.97. The molecule has 126 valence electrons. The minimum absolute atomic E-state index is 0.0989. The van der Waals surface area contributed by atoms with Crippen LogP contribution in [0.5, 0.6) is 5.75 Å². The first-order valence-electron chi connectivity index (χ1n) is 7.82. The number of carbonyl (C=O) groups is 2. The normalized spacial score (nSPS) is 18.4. The molecule has 1 aromatic rings. The van der Waals surface area contributed by atoms with Crippen LogP contribution in [0.3, 0.4) is 0 Å². The van der Waals surface area contributed by atoms with Crippen molar-refractivity contribution in [2.45, 2.75) is 39.2 Å². The van der Waals surface area contributed by atoms with Gasteiger partial charge in [-0.15, -0.1) is 0 Å². The molecule has 6 heteroatoms. The Bertz CT molecular complexity index is 580. The number of carbonyl (C=O) groups excluding carboxylic acids is 2. The second-order valence-corrected chi connectivity index (χ2v) is 6.81. The van der Waals surface area contributed by atoms with Crippen LogP contribution in [0.2, 0.25) is 0 Å². The van der Waals surface area contributed by atoms with Gasteiger partial charge in [0.25, 0.3) is 0 Å². The van der Waals surface area contributed by atoms with Crippen molar-refractivity contribution in [3.8, 4) is 5.75 Å². The van der Waals surface area contributed by atoms with Gasteiger partial charge in [0.2, 0.25) is 5.91 Å². The van der Waals surface area contributed by atoms with Gasteiger partial charge in [-0.1, -0.05) is 6.07 Å². The first kappa shape index (κ1) is 17.1. The van der Waals surface area contributed by atoms with Crippen LogP contribution in [0.1, 0.15) is 33.6 Å². The molecule has 2 N–H and O–H groups in total. The smallest absolute Gasteiger partial charge is 0.410 e. The predicted octanol–water partition coefficient (Wildman–Crippen LogP) is 2.98. The van der Waals surface area contributed by atoms with Gasteiger partial charge < -0.3 is 20.1 Å². The van der Waals surface area contributed by atoms with Crippen molar-refractivity contribution in [3.05, 3.63) is 24.3 Å². The molecule has 0 aliphatic carbocycles. The maximum Gasteiger partial charge on any atom is 0.410 e. The van der Waals surface area contributed by atoms with E-state index in [1.807, 2.05) is 20.8 Å². The Morgan fingerprint density at radius 2 is 2.09 bits per heavy atom. The number of aromatic hydroxyl groups is 1. The van der Waals surface area contributed by atoms with Gasteiger partial charge in [0.15, 0.2) is 0 Å². The topological polar surface area (TPSA) is 78.9 Å². The molecule has 1 unspecified atom stereocenters. The number of phenols is 1. The van der Waals surface area contributed by atoms with Gasteiger partial charge in [0.1, 0.15) is 11.4 Å². The van der Waals surface area contributed by atoms with Crippen LogP contribution in [0.4, 0.5) is 10.5 Å². The summed E-state index contributed by atoms with van der Waals surface area (Å²) in [6.07, 6.45) is 1.11. The number of amides is 2. The fourth-order valence-corrected chi connectivity index (χ4v) is 2.51. The van der Waals surface area contributed by atoms with Crippen LogP contribution in [0, 0.1) is 5.92 Å². The summed E-state index contributed by atoms with van der Waals surface area (Å²) >= 11 is 0. The summed E-state index contributed by atoms with van der Waals surface area (Å²) in [4.78, 5) is 26.1. The number of hydrogen-bond acceptors (Lipinski definition) is 4. The van der Waals surface area contributed by atoms with E-state index < -0.39 is 5.60 Å². The Morgan fingerprint density at radius 1 is 1.35 bits per heavy atom. The molecule has 0 aromatic heterocycles. The summed E-state index contributed by atoms with van der Waals surface area (Å²) in [5.41, 5.74) is -0.00203. The second kappa shape index (κ2) is 6.89. The third-order valence-corrected chi connectivity index (χ3v) is 3.56. The molecule has 23 heavy (non-hydrogen) atoms. The number of rotatable bonds is 2. The maximum atomic E-state index is 12.4. The van der Waals surface area contributed by atoms with E-state index in [1.54, 1.807) is 23.1 Å². The highest BCUT2D eigenvalue weighted by Gasteiger charge is 2.31. The van der Waals surface area contributed by atoms with E-state index in [9.17, 15) is 14.7 Å². The number of benzene rings is 1. The fraction of sp³-hybridized carbons (Fsp3) is 0.529. The molecule has 1 aliphatic heterocycles. The largest absolute Gasteiger partial charge is 0.508 e. The minimum atomic E-state index is -0.548. The van der Waals surface area contributed by atoms with E-state index in [2.05, 4.69) is 5.32 Å². The summed E-state index contributed by atoms with van der Waals surface area (Å²) in [6, 6.07) is 6.41. The molecule has 6 nitrogen and oxygen atoms in total. The van der Waals surface area contributed by atoms with Crippen LogP contribution in [0.15, 0.2) is 24.3 Å². The molecule has 2 rings (SSSR count). The number of nitrogens with zero attached hydrogens (tertiary/aromatic N) is 1. The van der Waals surface area contributed by atoms with Crippen molar-refractivity contribution in [3.63, 3.8) is 0 Å². The van der Waals surface area contributed by atoms with Crippen molar-refractivity contribution in [1.82, 2.24) is 4.90 Å². The lowest BCUT2D eigenvalue weighted by molar-refractivity contribution is -0.121. The summed E-state index contributed by atoms with van der Waals surface area (Å²) in [5.74, 6) is -0.329. The van der Waals surface area contributed by atoms with Crippen LogP contribution in [0.25, 0.3) is 0 Å². The first-order valence-corrected chi connectivity index (χ1v) is 7.82. The minimum Gasteiger partial charge on any atom is -0.508 e. The average Bonchev–Trinajstić information content (AvgIpc) is 2.45. The molecular formula is C17H24N2O4. The van der Waals surface area contributed by atoms with E-state index in [-0.39, 0.29) is 23.7 Å². The maximum absolute atomic E-state index is 12.4. The molecule has 2 amide bonds. The van der Waals surface area contributed by atoms with Crippen molar-refractivity contribution >= 4 is 17.7 Å². The number of hydrogen-bond donors (Lipinski definition) is 2. The summed E-state index contributed by atoms with van der Waals surface area (Å²) in [5, 5.41) is 12.2. The number of piperidine rings is 1. The third kappa shape index (κ3) is 5.16. The third-order valence-electron chi connectivity index (χ3n) is 3.56. The Hall–Kier alpha value is -2.24. The fourth-order valence-electron chi connectivity index (χ4n) is 2.51. The Labute approximate surface area is 136 Å². The Balaban J connectivity index is 1.95. The Morgan fingerprint density at radius 3 is 2.74 bits per heavy atom. The highest BCUT2D eigenvalue weighted by Crippen LogP contribution is 2.22. The van der Waals surface area contributed by atoms with Gasteiger partial charge in [-0.05, 0) is 45.7 Å². The predicted molar refractivity (Wildman–Crippen MR) is 87.3 cm³/mol. The van der Waals surface area contributed by atoms with Gasteiger partial charge in [-0.2, -0.15) is 0 Å². The molecule has 1 heterocycles. The van der Waals surface area contributed by atoms with E-state index in [4.69, 9.17) is 4.74 Å². The zero-order valence-electron chi connectivity index (χ0n) is 13.8. The van der Waals surface area contributed by atoms with Crippen LogP contribution >= 0.6 is 0 Å². The van der Waals surface area contributed by atoms with Crippen LogP contribution < -0.4 is 5.32 Å². The molecule has 0 radical (unpaired) electrons. The second-order valence-electron chi connectivity index (χ2n) is 6.81. The van der Waals surface area contributed by atoms with Crippen LogP contribution in [-0.2, 0) is 9.53 Å². The molecule has 1 saturated heterocycles. The molecule has 0 bridgehead atoms. The zero-order valence-corrected chi connectivity index (χ0v) is 13.8. The van der Waals surface area contributed by atoms with Gasteiger partial charge >= 0.3 is 6.09 Å². The average molecular weight is 320 g/mol. The van der Waals surface area contributed by atoms with E-state index in [0.29, 0.717) is 18.8 Å². The van der Waals surface area contributed by atoms with Gasteiger partial charge in [-0.3, -0.25) is 4.79 Å². The quantitative estimate of drug-likeness (QED) is 0.878. The number of likely N-dealkylation sites (tertiary alicyclic amines) is 1. The molecule has 0 spiro atoms. The van der Waals surface area contributed by atoms with E-state index in [0.717, 1.165) is 12.8 Å². The number of nitrogens with one attached hydrogen (secondary N) is 1. The molecule has 1 aliphatic rings. The number of ether oxygens (including phenoxy) is 1. The molecule has 1 aromatic carbocycles. The van der Waals surface area contributed by atoms with Gasteiger partial charge in [0, 0.05) is 24.8 Å². The first-order chi connectivity index (χ1) is 10.7. The van der Waals surface area contributed by atoms with E-state index in [1.165, 1.54) is 6.07 Å². The molecule has 1 atom stereocenters. The van der Waals surface area contributed by atoms with Gasteiger partial charge in [0.05, 0.1) is 5.92 Å². The highest BCUT2D eigenvalue weighted by molar-refractivity contribution is 5.93. The van der Waals surface area contributed by atoms with Gasteiger partial charge in [-0.25, -0.2) is 4.79 Å². The summed E-state index contributed by atoms with van der Waals surface area (Å²) < 4.78 is 5.36. The zero-order chi connectivity index (χ0) is 17.0. The highest BCUT2D eigenvalue weighted by atomic mass is 16.6. The van der Waals surface area contributed by atoms with Crippen molar-refractivity contribution in [2.75, 3.05) is 18.4 Å². The van der Waals surface area contributed by atoms with Crippen LogP contribution in [-0.4, -0.2) is 40.7 Å². The molecule has 1 fully saturated rings. The Kier molecular flexibility index (Phi) is 5.13. The van der Waals surface area contributed by atoms with Crippen molar-refractivity contribution in [2.24, 2.45) is 5.92 Å². The van der Waals surface area contributed by atoms with Crippen molar-refractivity contribution < 1.29 is 19.4 Å². The molecular weight excluding hydrogens is 296 g/mol. The van der Waals surface area contributed by atoms with Crippen molar-refractivity contribution in [1.29, 1.82) is 0 Å². The van der Waals surface area contributed by atoms with E-state index >= 15 is 0 Å². The lowest BCUT2D eigenvalue weighted by Crippen LogP contribution is -2.45. The summed E-state index contributed by atoms with van der Waals surface area (Å²) in [7, 11) is 0. The standard InChI is InChI=1S/C17H24N2O4/c1-17(2,3)23-16(22)19-9-5-6-12(11-19)15(21)18-13-7-4-8-14(20)10-13/h4,7-8,10,12,20H,5-6,9,11H2,1-3H3,(H,18,21). The monoisotopic (exact) mass is 320 g/mol. The SMILES string of the molecule is CC(C)(C)OC(=O)N1CCCC(C(=O)Nc2cccc(O)c2)C1. The lowest BCUT2D eigenvalue weighted by Gasteiger charge is -2.33. The number of anilines is 1. The number of phenolic OH excluding ortho intramolecular Hbond substituents is 1. The summed E-state index contributed by atoms with van der Waals surface area (Å²) in [6.45, 7) is 6.41.